The topological polar surface area (TPSA) is 88.6 Å². The molecule has 1 aromatic rings. The van der Waals surface area contributed by atoms with Crippen LogP contribution in [0.15, 0.2) is 12.1 Å². The molecule has 1 saturated heterocycles. The first-order valence-electron chi connectivity index (χ1n) is 5.13. The summed E-state index contributed by atoms with van der Waals surface area (Å²) >= 11 is 0. The summed E-state index contributed by atoms with van der Waals surface area (Å²) in [6.07, 6.45) is 0. The molecule has 0 atom stereocenters. The molecule has 0 bridgehead atoms. The van der Waals surface area contributed by atoms with Crippen LogP contribution in [0.3, 0.4) is 0 Å². The molecule has 2 rings (SSSR count). The fraction of sp³-hybridized carbons (Fsp3) is 0.500. The van der Waals surface area contributed by atoms with E-state index in [0.717, 1.165) is 0 Å². The van der Waals surface area contributed by atoms with Crippen molar-refractivity contribution in [2.45, 2.75) is 12.5 Å². The van der Waals surface area contributed by atoms with Crippen molar-refractivity contribution in [2.75, 3.05) is 13.1 Å². The van der Waals surface area contributed by atoms with Gasteiger partial charge in [-0.15, -0.1) is 0 Å². The molecule has 0 aliphatic carbocycles. The zero-order chi connectivity index (χ0) is 12.8. The highest BCUT2D eigenvalue weighted by atomic mass is 16.6. The van der Waals surface area contributed by atoms with Gasteiger partial charge in [-0.3, -0.25) is 4.79 Å². The van der Waals surface area contributed by atoms with Gasteiger partial charge in [-0.1, -0.05) is 0 Å². The number of hydrogen-bond acceptors (Lipinski definition) is 4. The second-order valence-corrected chi connectivity index (χ2v) is 4.55. The van der Waals surface area contributed by atoms with Gasteiger partial charge in [0, 0.05) is 6.07 Å². The first kappa shape index (κ1) is 11.6. The quantitative estimate of drug-likeness (QED) is 0.587. The normalized spacial score (nSPS) is 17.7. The molecule has 1 amide bonds. The molecule has 0 unspecified atom stereocenters. The predicted octanol–water partition coefficient (Wildman–Crippen LogP) is 0.140. The van der Waals surface area contributed by atoms with Crippen LogP contribution in [0.25, 0.3) is 0 Å². The number of aromatic nitrogens is 1. The van der Waals surface area contributed by atoms with Crippen molar-refractivity contribution in [2.24, 2.45) is 7.05 Å². The predicted molar refractivity (Wildman–Crippen MR) is 58.6 cm³/mol. The highest BCUT2D eigenvalue weighted by Crippen LogP contribution is 2.24. The molecular formula is C10H13N3O4. The summed E-state index contributed by atoms with van der Waals surface area (Å²) in [5.74, 6) is -0.423. The number of nitro groups is 1. The first-order chi connectivity index (χ1) is 7.82. The molecule has 1 aromatic heterocycles. The lowest BCUT2D eigenvalue weighted by molar-refractivity contribution is -0.391. The second kappa shape index (κ2) is 3.56. The Balaban J connectivity index is 2.19. The Morgan fingerprint density at radius 1 is 1.53 bits per heavy atom. The van der Waals surface area contributed by atoms with Gasteiger partial charge in [0.1, 0.15) is 0 Å². The largest absolute Gasteiger partial charge is 0.386 e. The monoisotopic (exact) mass is 239 g/mol. The summed E-state index contributed by atoms with van der Waals surface area (Å²) in [5.41, 5.74) is -0.584. The van der Waals surface area contributed by atoms with Crippen LogP contribution in [-0.2, 0) is 7.05 Å². The Morgan fingerprint density at radius 2 is 2.12 bits per heavy atom. The van der Waals surface area contributed by atoms with Crippen molar-refractivity contribution in [1.82, 2.24) is 9.47 Å². The molecule has 0 aromatic carbocycles. The van der Waals surface area contributed by atoms with Crippen molar-refractivity contribution >= 4 is 11.7 Å². The van der Waals surface area contributed by atoms with E-state index in [2.05, 4.69) is 0 Å². The molecule has 0 saturated carbocycles. The average Bonchev–Trinajstić information content (AvgIpc) is 2.55. The molecule has 2 heterocycles. The standard InChI is InChI=1S/C10H13N3O4/c1-10(15)5-12(6-10)9(14)7-3-4-8(11(7)2)13(16)17/h3-4,15H,5-6H2,1-2H3. The highest BCUT2D eigenvalue weighted by Gasteiger charge is 2.41. The van der Waals surface area contributed by atoms with Crippen molar-refractivity contribution in [1.29, 1.82) is 0 Å². The summed E-state index contributed by atoms with van der Waals surface area (Å²) in [5, 5.41) is 20.2. The van der Waals surface area contributed by atoms with Gasteiger partial charge in [-0.05, 0) is 17.9 Å². The van der Waals surface area contributed by atoms with Crippen LogP contribution in [0.5, 0.6) is 0 Å². The fourth-order valence-electron chi connectivity index (χ4n) is 1.98. The lowest BCUT2D eigenvalue weighted by Crippen LogP contribution is -2.61. The summed E-state index contributed by atoms with van der Waals surface area (Å²) < 4.78 is 1.25. The number of hydrogen-bond donors (Lipinski definition) is 1. The zero-order valence-electron chi connectivity index (χ0n) is 9.58. The summed E-state index contributed by atoms with van der Waals surface area (Å²) in [4.78, 5) is 23.5. The summed E-state index contributed by atoms with van der Waals surface area (Å²) in [7, 11) is 1.48. The molecule has 0 radical (unpaired) electrons. The number of amides is 1. The number of carbonyl (C=O) groups is 1. The van der Waals surface area contributed by atoms with E-state index < -0.39 is 10.5 Å². The van der Waals surface area contributed by atoms with Crippen molar-refractivity contribution < 1.29 is 14.8 Å². The summed E-state index contributed by atoms with van der Waals surface area (Å²) in [6.45, 7) is 2.15. The van der Waals surface area contributed by atoms with Gasteiger partial charge in [-0.25, -0.2) is 4.57 Å². The Hall–Kier alpha value is -1.89. The third kappa shape index (κ3) is 1.89. The van der Waals surface area contributed by atoms with Crippen LogP contribution in [0.2, 0.25) is 0 Å². The van der Waals surface area contributed by atoms with Crippen molar-refractivity contribution in [3.05, 3.63) is 27.9 Å². The molecule has 92 valence electrons. The molecule has 7 nitrogen and oxygen atoms in total. The molecule has 7 heteroatoms. The highest BCUT2D eigenvalue weighted by molar-refractivity contribution is 5.94. The van der Waals surface area contributed by atoms with Gasteiger partial charge in [0.2, 0.25) is 0 Å². The van der Waals surface area contributed by atoms with Crippen LogP contribution < -0.4 is 0 Å². The van der Waals surface area contributed by atoms with Crippen LogP contribution in [0.1, 0.15) is 17.4 Å². The minimum absolute atomic E-state index is 0.124. The summed E-state index contributed by atoms with van der Waals surface area (Å²) in [6, 6.07) is 2.72. The Labute approximate surface area is 97.4 Å². The van der Waals surface area contributed by atoms with Gasteiger partial charge in [0.25, 0.3) is 5.91 Å². The number of carbonyl (C=O) groups excluding carboxylic acids is 1. The number of nitrogens with zero attached hydrogens (tertiary/aromatic N) is 3. The van der Waals surface area contributed by atoms with E-state index in [-0.39, 0.29) is 30.5 Å². The maximum atomic E-state index is 11.9. The zero-order valence-corrected chi connectivity index (χ0v) is 9.58. The van der Waals surface area contributed by atoms with Crippen molar-refractivity contribution in [3.8, 4) is 0 Å². The third-order valence-electron chi connectivity index (χ3n) is 2.85. The van der Waals surface area contributed by atoms with Gasteiger partial charge in [0.15, 0.2) is 5.69 Å². The van der Waals surface area contributed by atoms with E-state index >= 15 is 0 Å². The van der Waals surface area contributed by atoms with Gasteiger partial charge >= 0.3 is 5.82 Å². The maximum Gasteiger partial charge on any atom is 0.323 e. The van der Waals surface area contributed by atoms with Crippen LogP contribution >= 0.6 is 0 Å². The van der Waals surface area contributed by atoms with Gasteiger partial charge in [0.05, 0.1) is 25.7 Å². The van der Waals surface area contributed by atoms with E-state index in [1.807, 2.05) is 0 Å². The molecule has 17 heavy (non-hydrogen) atoms. The third-order valence-corrected chi connectivity index (χ3v) is 2.85. The number of rotatable bonds is 2. The molecule has 1 fully saturated rings. The van der Waals surface area contributed by atoms with Crippen LogP contribution in [-0.4, -0.2) is 44.1 Å². The SMILES string of the molecule is Cn1c(C(=O)N2CC(C)(O)C2)ccc1[N+](=O)[O-]. The fourth-order valence-corrected chi connectivity index (χ4v) is 1.98. The molecular weight excluding hydrogens is 226 g/mol. The van der Waals surface area contributed by atoms with E-state index in [0.29, 0.717) is 0 Å². The lowest BCUT2D eigenvalue weighted by Gasteiger charge is -2.43. The van der Waals surface area contributed by atoms with Gasteiger partial charge < -0.3 is 20.1 Å². The lowest BCUT2D eigenvalue weighted by atomic mass is 9.96. The van der Waals surface area contributed by atoms with Gasteiger partial charge in [-0.2, -0.15) is 0 Å². The van der Waals surface area contributed by atoms with E-state index in [4.69, 9.17) is 0 Å². The molecule has 0 spiro atoms. The smallest absolute Gasteiger partial charge is 0.323 e. The number of likely N-dealkylation sites (tertiary alicyclic amines) is 1. The second-order valence-electron chi connectivity index (χ2n) is 4.55. The van der Waals surface area contributed by atoms with Crippen molar-refractivity contribution in [3.63, 3.8) is 0 Å². The Morgan fingerprint density at radius 3 is 2.53 bits per heavy atom. The van der Waals surface area contributed by atoms with Crippen LogP contribution in [0.4, 0.5) is 5.82 Å². The van der Waals surface area contributed by atoms with E-state index in [1.54, 1.807) is 6.92 Å². The maximum absolute atomic E-state index is 11.9. The number of aliphatic hydroxyl groups is 1. The Bertz CT molecular complexity index is 484. The molecule has 1 aliphatic rings. The molecule has 1 N–H and O–H groups in total. The van der Waals surface area contributed by atoms with E-state index in [9.17, 15) is 20.0 Å². The minimum atomic E-state index is -0.841. The van der Waals surface area contributed by atoms with Crippen LogP contribution in [0, 0.1) is 10.1 Å². The first-order valence-corrected chi connectivity index (χ1v) is 5.13. The average molecular weight is 239 g/mol. The Kier molecular flexibility index (Phi) is 2.43. The molecule has 1 aliphatic heterocycles. The number of β-amino-alcohol motifs (C(OH)–C–C–N with tert-alkyl or cyclic N) is 1. The minimum Gasteiger partial charge on any atom is -0.386 e. The van der Waals surface area contributed by atoms with E-state index in [1.165, 1.54) is 28.6 Å².